The zero-order valence-electron chi connectivity index (χ0n) is 16.6. The van der Waals surface area contributed by atoms with E-state index >= 15 is 0 Å². The van der Waals surface area contributed by atoms with Gasteiger partial charge in [0.15, 0.2) is 0 Å². The predicted octanol–water partition coefficient (Wildman–Crippen LogP) is 2.89. The highest BCUT2D eigenvalue weighted by atomic mass is 35.5. The Morgan fingerprint density at radius 3 is 2.83 bits per heavy atom. The predicted molar refractivity (Wildman–Crippen MR) is 105 cm³/mol. The molecule has 6 nitrogen and oxygen atoms in total. The van der Waals surface area contributed by atoms with Gasteiger partial charge in [-0.25, -0.2) is 4.39 Å². The summed E-state index contributed by atoms with van der Waals surface area (Å²) in [5, 5.41) is 9.83. The molecule has 152 valence electrons. The van der Waals surface area contributed by atoms with Crippen LogP contribution in [-0.2, 0) is 22.6 Å². The van der Waals surface area contributed by atoms with Crippen LogP contribution in [0.15, 0.2) is 12.3 Å². The summed E-state index contributed by atoms with van der Waals surface area (Å²) in [6.45, 7) is 5.65. The average molecular weight is 417 g/mol. The monoisotopic (exact) mass is 416 g/mol. The number of halogens is 2. The van der Waals surface area contributed by atoms with Crippen molar-refractivity contribution in [1.82, 2.24) is 14.8 Å². The van der Waals surface area contributed by atoms with Gasteiger partial charge in [-0.3, -0.25) is 14.6 Å². The molecular formula is C21H22ClFN4O2. The molecule has 0 radical (unpaired) electrons. The second kappa shape index (κ2) is 6.81. The first-order valence-electron chi connectivity index (χ1n) is 9.65. The van der Waals surface area contributed by atoms with Crippen LogP contribution in [0.5, 0.6) is 0 Å². The van der Waals surface area contributed by atoms with E-state index in [0.717, 1.165) is 16.8 Å². The fourth-order valence-electron chi connectivity index (χ4n) is 4.58. The second-order valence-corrected chi connectivity index (χ2v) is 9.31. The van der Waals surface area contributed by atoms with Gasteiger partial charge in [-0.05, 0) is 5.41 Å². The van der Waals surface area contributed by atoms with Gasteiger partial charge in [-0.1, -0.05) is 38.4 Å². The van der Waals surface area contributed by atoms with E-state index in [-0.39, 0.29) is 25.4 Å². The highest BCUT2D eigenvalue weighted by Gasteiger charge is 2.48. The molecule has 0 aromatic carbocycles. The van der Waals surface area contributed by atoms with Crippen LogP contribution in [0.1, 0.15) is 44.0 Å². The number of nitrogens with zero attached hydrogens (tertiary/aromatic N) is 4. The highest BCUT2D eigenvalue weighted by Crippen LogP contribution is 2.42. The number of aromatic nitrogens is 1. The zero-order valence-corrected chi connectivity index (χ0v) is 17.3. The standard InChI is InChI=1S/C21H22ClFN4O2/c1-21(2,3)18(20(29)26-9-11(23)6-12(26)7-24)27-10-14-15(22)8-25-16-5-4-13(17(14)16)19(27)28/h4,8,11-12,18H,5-6,9-10H2,1-3H3/t11-,12-,18-/m0/s1. The molecule has 0 saturated carbocycles. The molecule has 0 unspecified atom stereocenters. The van der Waals surface area contributed by atoms with Gasteiger partial charge in [0.1, 0.15) is 18.3 Å². The van der Waals surface area contributed by atoms with Crippen LogP contribution in [0.2, 0.25) is 5.02 Å². The van der Waals surface area contributed by atoms with Crippen molar-refractivity contribution in [2.75, 3.05) is 6.54 Å². The van der Waals surface area contributed by atoms with Gasteiger partial charge in [-0.15, -0.1) is 0 Å². The van der Waals surface area contributed by atoms with Gasteiger partial charge in [0.05, 0.1) is 23.3 Å². The zero-order chi connectivity index (χ0) is 21.1. The van der Waals surface area contributed by atoms with Crippen LogP contribution in [0, 0.1) is 16.7 Å². The number of likely N-dealkylation sites (tertiary alicyclic amines) is 1. The van der Waals surface area contributed by atoms with Crippen LogP contribution in [0.4, 0.5) is 4.39 Å². The van der Waals surface area contributed by atoms with Gasteiger partial charge in [0, 0.05) is 42.3 Å². The van der Waals surface area contributed by atoms with Gasteiger partial charge < -0.3 is 9.80 Å². The molecule has 1 aliphatic carbocycles. The van der Waals surface area contributed by atoms with Crippen molar-refractivity contribution in [1.29, 1.82) is 5.26 Å². The Morgan fingerprint density at radius 1 is 1.45 bits per heavy atom. The average Bonchev–Trinajstić information content (AvgIpc) is 3.24. The van der Waals surface area contributed by atoms with Crippen molar-refractivity contribution >= 4 is 29.0 Å². The molecule has 3 heterocycles. The minimum atomic E-state index is -1.23. The van der Waals surface area contributed by atoms with Crippen molar-refractivity contribution in [2.24, 2.45) is 5.41 Å². The molecule has 4 rings (SSSR count). The van der Waals surface area contributed by atoms with Crippen LogP contribution in [0.25, 0.3) is 5.57 Å². The number of allylic oxidation sites excluding steroid dienone is 1. The molecule has 2 aliphatic heterocycles. The van der Waals surface area contributed by atoms with Crippen molar-refractivity contribution in [3.05, 3.63) is 34.1 Å². The number of nitriles is 1. The highest BCUT2D eigenvalue weighted by molar-refractivity contribution is 6.32. The maximum Gasteiger partial charge on any atom is 0.255 e. The van der Waals surface area contributed by atoms with E-state index in [2.05, 4.69) is 4.98 Å². The molecule has 1 aromatic heterocycles. The lowest BCUT2D eigenvalue weighted by atomic mass is 9.82. The van der Waals surface area contributed by atoms with Crippen molar-refractivity contribution in [2.45, 2.75) is 58.4 Å². The third-order valence-corrected chi connectivity index (χ3v) is 6.17. The Labute approximate surface area is 173 Å². The maximum absolute atomic E-state index is 14.0. The first-order valence-corrected chi connectivity index (χ1v) is 10.0. The molecule has 0 N–H and O–H groups in total. The van der Waals surface area contributed by atoms with Gasteiger partial charge >= 0.3 is 0 Å². The van der Waals surface area contributed by atoms with E-state index in [9.17, 15) is 19.2 Å². The van der Waals surface area contributed by atoms with Gasteiger partial charge in [-0.2, -0.15) is 5.26 Å². The molecule has 1 saturated heterocycles. The largest absolute Gasteiger partial charge is 0.322 e. The van der Waals surface area contributed by atoms with Crippen molar-refractivity contribution in [3.8, 4) is 6.07 Å². The summed E-state index contributed by atoms with van der Waals surface area (Å²) in [6, 6.07) is 0.351. The van der Waals surface area contributed by atoms with E-state index in [0.29, 0.717) is 17.0 Å². The minimum absolute atomic E-state index is 0.00188. The summed E-state index contributed by atoms with van der Waals surface area (Å²) in [7, 11) is 0. The quantitative estimate of drug-likeness (QED) is 0.742. The summed E-state index contributed by atoms with van der Waals surface area (Å²) in [5.41, 5.74) is 2.26. The second-order valence-electron chi connectivity index (χ2n) is 8.90. The summed E-state index contributed by atoms with van der Waals surface area (Å²) in [5.74, 6) is -0.650. The number of alkyl halides is 1. The Kier molecular flexibility index (Phi) is 4.66. The third-order valence-electron chi connectivity index (χ3n) is 5.85. The number of hydrogen-bond donors (Lipinski definition) is 0. The lowest BCUT2D eigenvalue weighted by molar-refractivity contribution is -0.149. The van der Waals surface area contributed by atoms with Crippen LogP contribution < -0.4 is 0 Å². The summed E-state index contributed by atoms with van der Waals surface area (Å²) in [6.07, 6.45) is 2.72. The molecule has 0 spiro atoms. The molecule has 2 amide bonds. The molecule has 3 aliphatic rings. The third kappa shape index (κ3) is 3.10. The molecule has 8 heteroatoms. The fraction of sp³-hybridized carbons (Fsp3) is 0.524. The Bertz CT molecular complexity index is 978. The van der Waals surface area contributed by atoms with Crippen molar-refractivity contribution < 1.29 is 14.0 Å². The molecular weight excluding hydrogens is 395 g/mol. The van der Waals surface area contributed by atoms with E-state index in [1.165, 1.54) is 9.80 Å². The first-order chi connectivity index (χ1) is 13.6. The SMILES string of the molecule is CC(C)(C)[C@H](C(=O)N1C[C@@H](F)C[C@H]1C#N)N1Cc2c(Cl)cnc3c2C(=CC3)C1=O. The number of hydrogen-bond acceptors (Lipinski definition) is 4. The Morgan fingerprint density at radius 2 is 2.17 bits per heavy atom. The lowest BCUT2D eigenvalue weighted by Crippen LogP contribution is -2.58. The minimum Gasteiger partial charge on any atom is -0.322 e. The molecule has 1 fully saturated rings. The summed E-state index contributed by atoms with van der Waals surface area (Å²) in [4.78, 5) is 34.0. The molecule has 1 aromatic rings. The lowest BCUT2D eigenvalue weighted by Gasteiger charge is -2.43. The number of amides is 2. The molecule has 0 bridgehead atoms. The van der Waals surface area contributed by atoms with Crippen LogP contribution in [-0.4, -0.2) is 51.4 Å². The van der Waals surface area contributed by atoms with E-state index in [4.69, 9.17) is 11.6 Å². The Hall–Kier alpha value is -2.46. The number of pyridine rings is 1. The molecule has 3 atom stereocenters. The molecule has 29 heavy (non-hydrogen) atoms. The fourth-order valence-corrected chi connectivity index (χ4v) is 4.78. The maximum atomic E-state index is 14.0. The van der Waals surface area contributed by atoms with Crippen molar-refractivity contribution in [3.63, 3.8) is 0 Å². The summed E-state index contributed by atoms with van der Waals surface area (Å²) >= 11 is 6.39. The van der Waals surface area contributed by atoms with E-state index in [1.54, 1.807) is 6.20 Å². The normalized spacial score (nSPS) is 24.3. The van der Waals surface area contributed by atoms with Crippen LogP contribution >= 0.6 is 11.6 Å². The smallest absolute Gasteiger partial charge is 0.255 e. The number of carbonyl (C=O) groups excluding carboxylic acids is 2. The Balaban J connectivity index is 1.76. The first kappa shape index (κ1) is 19.8. The summed E-state index contributed by atoms with van der Waals surface area (Å²) < 4.78 is 14.0. The number of rotatable bonds is 2. The van der Waals surface area contributed by atoms with E-state index in [1.807, 2.05) is 32.9 Å². The van der Waals surface area contributed by atoms with Crippen LogP contribution in [0.3, 0.4) is 0 Å². The number of carbonyl (C=O) groups is 2. The van der Waals surface area contributed by atoms with Gasteiger partial charge in [0.25, 0.3) is 5.91 Å². The van der Waals surface area contributed by atoms with Gasteiger partial charge in [0.2, 0.25) is 5.91 Å². The topological polar surface area (TPSA) is 77.3 Å². The van der Waals surface area contributed by atoms with E-state index < -0.39 is 29.6 Å².